The van der Waals surface area contributed by atoms with Crippen molar-refractivity contribution in [1.29, 1.82) is 5.26 Å². The van der Waals surface area contributed by atoms with Crippen LogP contribution < -0.4 is 4.72 Å². The average molecular weight is 342 g/mol. The minimum absolute atomic E-state index is 0.0998. The Kier molecular flexibility index (Phi) is 3.67. The Bertz CT molecular complexity index is 1080. The van der Waals surface area contributed by atoms with Crippen LogP contribution in [0, 0.1) is 21.4 Å². The zero-order valence-corrected chi connectivity index (χ0v) is 12.9. The fourth-order valence-electron chi connectivity index (χ4n) is 2.29. The van der Waals surface area contributed by atoms with Crippen molar-refractivity contribution in [2.75, 3.05) is 4.72 Å². The number of nitrogens with one attached hydrogen (secondary N) is 2. The maximum absolute atomic E-state index is 12.4. The summed E-state index contributed by atoms with van der Waals surface area (Å²) in [5.74, 6) is 0. The zero-order valence-electron chi connectivity index (χ0n) is 12.1. The van der Waals surface area contributed by atoms with E-state index in [1.54, 1.807) is 12.3 Å². The number of nitrogens with zero attached hydrogens (tertiary/aromatic N) is 2. The van der Waals surface area contributed by atoms with E-state index in [4.69, 9.17) is 5.26 Å². The van der Waals surface area contributed by atoms with Crippen LogP contribution in [-0.4, -0.2) is 18.3 Å². The number of H-pyrrole nitrogens is 1. The zero-order chi connectivity index (χ0) is 17.3. The standard InChI is InChI=1S/C15H10N4O4S/c16-9-10-1-6-14(15-13(10)7-8-17-15)18-24(22,23)12-4-2-11(3-5-12)19(20)21/h1-8,17-18H. The van der Waals surface area contributed by atoms with E-state index >= 15 is 0 Å². The second kappa shape index (κ2) is 5.68. The van der Waals surface area contributed by atoms with Gasteiger partial charge in [-0.05, 0) is 30.3 Å². The van der Waals surface area contributed by atoms with Crippen molar-refractivity contribution in [3.63, 3.8) is 0 Å². The molecule has 0 aliphatic rings. The van der Waals surface area contributed by atoms with Crippen molar-refractivity contribution < 1.29 is 13.3 Å². The van der Waals surface area contributed by atoms with Gasteiger partial charge in [0.25, 0.3) is 15.7 Å². The number of rotatable bonds is 4. The lowest BCUT2D eigenvalue weighted by molar-refractivity contribution is -0.384. The third-order valence-electron chi connectivity index (χ3n) is 3.45. The molecule has 0 bridgehead atoms. The molecule has 120 valence electrons. The summed E-state index contributed by atoms with van der Waals surface area (Å²) < 4.78 is 27.3. The number of anilines is 1. The highest BCUT2D eigenvalue weighted by molar-refractivity contribution is 7.92. The first-order chi connectivity index (χ1) is 11.4. The van der Waals surface area contributed by atoms with Crippen molar-refractivity contribution in [2.24, 2.45) is 0 Å². The Balaban J connectivity index is 2.00. The first-order valence-corrected chi connectivity index (χ1v) is 8.18. The summed E-state index contributed by atoms with van der Waals surface area (Å²) in [5, 5.41) is 20.3. The first-order valence-electron chi connectivity index (χ1n) is 6.70. The highest BCUT2D eigenvalue weighted by atomic mass is 32.2. The van der Waals surface area contributed by atoms with E-state index in [2.05, 4.69) is 9.71 Å². The van der Waals surface area contributed by atoms with Crippen molar-refractivity contribution in [1.82, 2.24) is 4.98 Å². The van der Waals surface area contributed by atoms with Gasteiger partial charge in [-0.15, -0.1) is 0 Å². The smallest absolute Gasteiger partial charge is 0.269 e. The Hall–Kier alpha value is -3.38. The molecule has 0 radical (unpaired) electrons. The number of aromatic amines is 1. The van der Waals surface area contributed by atoms with E-state index in [-0.39, 0.29) is 16.3 Å². The molecule has 1 heterocycles. The van der Waals surface area contributed by atoms with Gasteiger partial charge in [-0.2, -0.15) is 5.26 Å². The summed E-state index contributed by atoms with van der Waals surface area (Å²) in [5.41, 5.74) is 0.996. The van der Waals surface area contributed by atoms with E-state index in [9.17, 15) is 18.5 Å². The summed E-state index contributed by atoms with van der Waals surface area (Å²) in [6, 6.07) is 11.3. The van der Waals surface area contributed by atoms with Gasteiger partial charge >= 0.3 is 0 Å². The molecule has 3 aromatic rings. The maximum Gasteiger partial charge on any atom is 0.269 e. The van der Waals surface area contributed by atoms with Crippen LogP contribution in [0.1, 0.15) is 5.56 Å². The summed E-state index contributed by atoms with van der Waals surface area (Å²) in [7, 11) is -3.92. The minimum atomic E-state index is -3.92. The molecule has 0 amide bonds. The van der Waals surface area contributed by atoms with Crippen LogP contribution >= 0.6 is 0 Å². The number of fused-ring (bicyclic) bond motifs is 1. The Morgan fingerprint density at radius 1 is 1.12 bits per heavy atom. The van der Waals surface area contributed by atoms with Gasteiger partial charge in [0.15, 0.2) is 0 Å². The molecule has 0 aliphatic heterocycles. The van der Waals surface area contributed by atoms with Crippen LogP contribution in [0.3, 0.4) is 0 Å². The monoisotopic (exact) mass is 342 g/mol. The fourth-order valence-corrected chi connectivity index (χ4v) is 3.36. The van der Waals surface area contributed by atoms with Crippen molar-refractivity contribution in [3.05, 3.63) is 64.3 Å². The number of non-ortho nitro benzene ring substituents is 1. The summed E-state index contributed by atoms with van der Waals surface area (Å²) >= 11 is 0. The molecule has 0 atom stereocenters. The second-order valence-corrected chi connectivity index (χ2v) is 6.58. The Labute approximate surface area is 136 Å². The molecule has 24 heavy (non-hydrogen) atoms. The second-order valence-electron chi connectivity index (χ2n) is 4.90. The topological polar surface area (TPSA) is 129 Å². The molecule has 0 saturated heterocycles. The molecule has 2 aromatic carbocycles. The lowest BCUT2D eigenvalue weighted by atomic mass is 10.1. The quantitative estimate of drug-likeness (QED) is 0.556. The molecule has 8 nitrogen and oxygen atoms in total. The predicted octanol–water partition coefficient (Wildman–Crippen LogP) is 2.75. The SMILES string of the molecule is N#Cc1ccc(NS(=O)(=O)c2ccc([N+](=O)[O-])cc2)c2[nH]ccc12. The average Bonchev–Trinajstić information content (AvgIpc) is 3.05. The predicted molar refractivity (Wildman–Crippen MR) is 86.9 cm³/mol. The van der Waals surface area contributed by atoms with Crippen molar-refractivity contribution in [2.45, 2.75) is 4.90 Å². The van der Waals surface area contributed by atoms with E-state index in [0.717, 1.165) is 24.3 Å². The van der Waals surface area contributed by atoms with Crippen molar-refractivity contribution in [3.8, 4) is 6.07 Å². The molecule has 0 unspecified atom stereocenters. The molecule has 3 rings (SSSR count). The summed E-state index contributed by atoms with van der Waals surface area (Å²) in [6.45, 7) is 0. The molecule has 9 heteroatoms. The highest BCUT2D eigenvalue weighted by Gasteiger charge is 2.18. The van der Waals surface area contributed by atoms with E-state index in [0.29, 0.717) is 16.5 Å². The third-order valence-corrected chi connectivity index (χ3v) is 4.83. The van der Waals surface area contributed by atoms with Gasteiger partial charge in [0, 0.05) is 23.7 Å². The van der Waals surface area contributed by atoms with Crippen LogP contribution in [-0.2, 0) is 10.0 Å². The van der Waals surface area contributed by atoms with Crippen LogP contribution in [0.15, 0.2) is 53.6 Å². The van der Waals surface area contributed by atoms with Gasteiger partial charge < -0.3 is 4.98 Å². The molecule has 0 spiro atoms. The number of aromatic nitrogens is 1. The van der Waals surface area contributed by atoms with E-state index in [1.807, 2.05) is 6.07 Å². The Morgan fingerprint density at radius 3 is 2.46 bits per heavy atom. The molecule has 0 aliphatic carbocycles. The minimum Gasteiger partial charge on any atom is -0.359 e. The normalized spacial score (nSPS) is 11.1. The summed E-state index contributed by atoms with van der Waals surface area (Å²) in [6.07, 6.45) is 1.61. The van der Waals surface area contributed by atoms with Gasteiger partial charge in [-0.25, -0.2) is 8.42 Å². The van der Waals surface area contributed by atoms with Crippen LogP contribution in [0.4, 0.5) is 11.4 Å². The molecule has 0 fully saturated rings. The highest BCUT2D eigenvalue weighted by Crippen LogP contribution is 2.27. The van der Waals surface area contributed by atoms with Gasteiger partial charge in [0.1, 0.15) is 0 Å². The lowest BCUT2D eigenvalue weighted by Crippen LogP contribution is -2.13. The third kappa shape index (κ3) is 2.66. The van der Waals surface area contributed by atoms with Crippen LogP contribution in [0.5, 0.6) is 0 Å². The molecule has 1 aromatic heterocycles. The number of nitro benzene ring substituents is 1. The van der Waals surface area contributed by atoms with Gasteiger partial charge in [0.05, 0.1) is 32.7 Å². The van der Waals surface area contributed by atoms with E-state index in [1.165, 1.54) is 12.1 Å². The molecule has 0 saturated carbocycles. The lowest BCUT2D eigenvalue weighted by Gasteiger charge is -2.09. The van der Waals surface area contributed by atoms with Crippen LogP contribution in [0.2, 0.25) is 0 Å². The number of hydrogen-bond acceptors (Lipinski definition) is 5. The largest absolute Gasteiger partial charge is 0.359 e. The van der Waals surface area contributed by atoms with Crippen LogP contribution in [0.25, 0.3) is 10.9 Å². The first kappa shape index (κ1) is 15.5. The summed E-state index contributed by atoms with van der Waals surface area (Å²) in [4.78, 5) is 12.8. The fraction of sp³-hybridized carbons (Fsp3) is 0. The number of nitro groups is 1. The van der Waals surface area contributed by atoms with Gasteiger partial charge in [-0.3, -0.25) is 14.8 Å². The number of benzene rings is 2. The maximum atomic E-state index is 12.4. The number of sulfonamides is 1. The molecule has 2 N–H and O–H groups in total. The number of hydrogen-bond donors (Lipinski definition) is 2. The van der Waals surface area contributed by atoms with Crippen molar-refractivity contribution >= 4 is 32.3 Å². The molecular formula is C15H10N4O4S. The Morgan fingerprint density at radius 2 is 1.83 bits per heavy atom. The van der Waals surface area contributed by atoms with Gasteiger partial charge in [-0.1, -0.05) is 0 Å². The molecular weight excluding hydrogens is 332 g/mol. The van der Waals surface area contributed by atoms with Gasteiger partial charge in [0.2, 0.25) is 0 Å². The number of nitriles is 1. The van der Waals surface area contributed by atoms with E-state index < -0.39 is 14.9 Å².